The normalized spacial score (nSPS) is 17.5. The first-order valence-corrected chi connectivity index (χ1v) is 10.2. The molecule has 0 spiro atoms. The van der Waals surface area contributed by atoms with E-state index in [0.29, 0.717) is 30.3 Å². The topological polar surface area (TPSA) is 119 Å². The largest absolute Gasteiger partial charge is 0.385 e. The Morgan fingerprint density at radius 3 is 2.71 bits per heavy atom. The van der Waals surface area contributed by atoms with Crippen molar-refractivity contribution in [1.29, 1.82) is 0 Å². The molecule has 1 aliphatic heterocycles. The third kappa shape index (κ3) is 4.04. The van der Waals surface area contributed by atoms with E-state index in [1.807, 2.05) is 11.9 Å². The zero-order chi connectivity index (χ0) is 22.1. The molecule has 2 atom stereocenters. The number of aryl methyl sites for hydroxylation is 1. The smallest absolute Gasteiger partial charge is 0.292 e. The number of aliphatic hydroxyl groups is 1. The van der Waals surface area contributed by atoms with Crippen LogP contribution in [0.4, 0.5) is 11.4 Å². The van der Waals surface area contributed by atoms with Crippen LogP contribution in [-0.2, 0) is 7.05 Å². The van der Waals surface area contributed by atoms with Gasteiger partial charge in [-0.3, -0.25) is 14.9 Å². The van der Waals surface area contributed by atoms with E-state index in [1.165, 1.54) is 30.5 Å². The number of nitrogens with zero attached hydrogens (tertiary/aromatic N) is 6. The van der Waals surface area contributed by atoms with Gasteiger partial charge in [0.05, 0.1) is 22.5 Å². The van der Waals surface area contributed by atoms with Gasteiger partial charge in [0, 0.05) is 50.6 Å². The molecule has 2 unspecified atom stereocenters. The minimum atomic E-state index is -0.727. The number of rotatable bonds is 5. The van der Waals surface area contributed by atoms with Gasteiger partial charge in [-0.1, -0.05) is 11.6 Å². The SMILES string of the molecule is Cn1ccnc1C(O)C1CCCN(c2cnn(-c3ccc([N+](=O)[O-])cc3)c(=O)c2Cl)C1. The van der Waals surface area contributed by atoms with Gasteiger partial charge in [-0.05, 0) is 25.0 Å². The van der Waals surface area contributed by atoms with Crippen LogP contribution in [0.15, 0.2) is 47.7 Å². The molecular weight excluding hydrogens is 424 g/mol. The fourth-order valence-electron chi connectivity index (χ4n) is 3.90. The molecule has 3 aromatic rings. The van der Waals surface area contributed by atoms with Crippen molar-refractivity contribution in [3.8, 4) is 5.69 Å². The molecule has 1 saturated heterocycles. The van der Waals surface area contributed by atoms with Crippen LogP contribution in [0.3, 0.4) is 0 Å². The maximum atomic E-state index is 12.8. The van der Waals surface area contributed by atoms with Gasteiger partial charge in [-0.25, -0.2) is 4.98 Å². The number of nitro benzene ring substituents is 1. The molecular formula is C20H21ClN6O4. The van der Waals surface area contributed by atoms with Crippen LogP contribution in [0, 0.1) is 16.0 Å². The fourth-order valence-corrected chi connectivity index (χ4v) is 4.15. The van der Waals surface area contributed by atoms with E-state index in [-0.39, 0.29) is 16.6 Å². The molecule has 31 heavy (non-hydrogen) atoms. The second-order valence-corrected chi connectivity index (χ2v) is 7.90. The molecule has 162 valence electrons. The van der Waals surface area contributed by atoms with Gasteiger partial charge in [0.25, 0.3) is 11.2 Å². The van der Waals surface area contributed by atoms with Crippen LogP contribution in [-0.4, -0.2) is 42.5 Å². The lowest BCUT2D eigenvalue weighted by molar-refractivity contribution is -0.384. The highest BCUT2D eigenvalue weighted by molar-refractivity contribution is 6.33. The van der Waals surface area contributed by atoms with Crippen molar-refractivity contribution >= 4 is 23.0 Å². The number of halogens is 1. The van der Waals surface area contributed by atoms with E-state index in [1.54, 1.807) is 17.0 Å². The molecule has 0 aliphatic carbocycles. The molecule has 1 N–H and O–H groups in total. The lowest BCUT2D eigenvalue weighted by Crippen LogP contribution is -2.39. The second kappa shape index (κ2) is 8.48. The van der Waals surface area contributed by atoms with Crippen molar-refractivity contribution in [2.75, 3.05) is 18.0 Å². The molecule has 3 heterocycles. The number of hydrogen-bond acceptors (Lipinski definition) is 7. The number of imidazole rings is 1. The molecule has 0 saturated carbocycles. The number of benzene rings is 1. The van der Waals surface area contributed by atoms with E-state index in [4.69, 9.17) is 11.6 Å². The molecule has 2 aromatic heterocycles. The minimum absolute atomic E-state index is 0.0143. The average Bonchev–Trinajstić information content (AvgIpc) is 3.21. The van der Waals surface area contributed by atoms with Crippen LogP contribution in [0.2, 0.25) is 5.02 Å². The number of aliphatic hydroxyl groups excluding tert-OH is 1. The van der Waals surface area contributed by atoms with Crippen LogP contribution < -0.4 is 10.5 Å². The van der Waals surface area contributed by atoms with Crippen LogP contribution in [0.25, 0.3) is 5.69 Å². The molecule has 10 nitrogen and oxygen atoms in total. The van der Waals surface area contributed by atoms with Crippen molar-refractivity contribution in [3.63, 3.8) is 0 Å². The monoisotopic (exact) mass is 444 g/mol. The van der Waals surface area contributed by atoms with E-state index in [0.717, 1.165) is 17.5 Å². The average molecular weight is 445 g/mol. The first-order valence-electron chi connectivity index (χ1n) is 9.79. The number of piperidine rings is 1. The summed E-state index contributed by atoms with van der Waals surface area (Å²) in [6, 6.07) is 5.50. The van der Waals surface area contributed by atoms with Crippen molar-refractivity contribution in [2.24, 2.45) is 13.0 Å². The lowest BCUT2D eigenvalue weighted by Gasteiger charge is -2.36. The Hall–Kier alpha value is -3.24. The zero-order valence-corrected chi connectivity index (χ0v) is 17.5. The van der Waals surface area contributed by atoms with Gasteiger partial charge in [0.1, 0.15) is 17.0 Å². The van der Waals surface area contributed by atoms with Gasteiger partial charge >= 0.3 is 0 Å². The minimum Gasteiger partial charge on any atom is -0.385 e. The number of anilines is 1. The summed E-state index contributed by atoms with van der Waals surface area (Å²) in [6.07, 6.45) is 5.88. The van der Waals surface area contributed by atoms with E-state index in [2.05, 4.69) is 10.1 Å². The quantitative estimate of drug-likeness (QED) is 0.474. The van der Waals surface area contributed by atoms with Crippen molar-refractivity contribution in [3.05, 3.63) is 74.2 Å². The number of aromatic nitrogens is 4. The van der Waals surface area contributed by atoms with Crippen molar-refractivity contribution in [2.45, 2.75) is 18.9 Å². The van der Waals surface area contributed by atoms with E-state index in [9.17, 15) is 20.0 Å². The molecule has 0 bridgehead atoms. The van der Waals surface area contributed by atoms with Gasteiger partial charge in [0.2, 0.25) is 0 Å². The fraction of sp³-hybridized carbons (Fsp3) is 0.350. The second-order valence-electron chi connectivity index (χ2n) is 7.52. The summed E-state index contributed by atoms with van der Waals surface area (Å²) in [5.41, 5.74) is 0.289. The molecule has 1 fully saturated rings. The first kappa shape index (κ1) is 21.0. The third-order valence-corrected chi connectivity index (χ3v) is 5.93. The molecule has 0 radical (unpaired) electrons. The zero-order valence-electron chi connectivity index (χ0n) is 16.8. The molecule has 4 rings (SSSR count). The Balaban J connectivity index is 1.58. The van der Waals surface area contributed by atoms with E-state index < -0.39 is 16.6 Å². The Morgan fingerprint density at radius 1 is 1.32 bits per heavy atom. The number of non-ortho nitro benzene ring substituents is 1. The summed E-state index contributed by atoms with van der Waals surface area (Å²) in [5.74, 6) is 0.535. The van der Waals surface area contributed by atoms with E-state index >= 15 is 0 Å². The molecule has 0 amide bonds. The summed E-state index contributed by atoms with van der Waals surface area (Å²) in [6.45, 7) is 1.20. The summed E-state index contributed by atoms with van der Waals surface area (Å²) in [5, 5.41) is 25.9. The summed E-state index contributed by atoms with van der Waals surface area (Å²) >= 11 is 6.41. The Labute approximate surface area is 182 Å². The lowest BCUT2D eigenvalue weighted by atomic mass is 9.91. The highest BCUT2D eigenvalue weighted by Gasteiger charge is 2.30. The molecule has 1 aromatic carbocycles. The molecule has 11 heteroatoms. The van der Waals surface area contributed by atoms with Crippen LogP contribution >= 0.6 is 11.6 Å². The summed E-state index contributed by atoms with van der Waals surface area (Å²) < 4.78 is 2.91. The Bertz CT molecular complexity index is 1160. The van der Waals surface area contributed by atoms with Crippen LogP contribution in [0.5, 0.6) is 0 Å². The Kier molecular flexibility index (Phi) is 5.75. The third-order valence-electron chi connectivity index (χ3n) is 5.57. The maximum absolute atomic E-state index is 12.8. The predicted octanol–water partition coefficient (Wildman–Crippen LogP) is 2.48. The predicted molar refractivity (Wildman–Crippen MR) is 115 cm³/mol. The number of nitro groups is 1. The van der Waals surface area contributed by atoms with Crippen molar-refractivity contribution in [1.82, 2.24) is 19.3 Å². The van der Waals surface area contributed by atoms with Gasteiger partial charge in [-0.2, -0.15) is 9.78 Å². The van der Waals surface area contributed by atoms with Gasteiger partial charge in [0.15, 0.2) is 0 Å². The summed E-state index contributed by atoms with van der Waals surface area (Å²) in [7, 11) is 1.84. The standard InChI is InChI=1S/C20H21ClN6O4/c1-24-10-8-22-19(24)18(28)13-3-2-9-25(12-13)16-11-23-26(20(29)17(16)21)14-4-6-15(7-5-14)27(30)31/h4-8,10-11,13,18,28H,2-3,9,12H2,1H3. The Morgan fingerprint density at radius 2 is 2.06 bits per heavy atom. The highest BCUT2D eigenvalue weighted by atomic mass is 35.5. The van der Waals surface area contributed by atoms with Crippen LogP contribution in [0.1, 0.15) is 24.8 Å². The van der Waals surface area contributed by atoms with Gasteiger partial charge < -0.3 is 14.6 Å². The number of hydrogen-bond donors (Lipinski definition) is 1. The summed E-state index contributed by atoms with van der Waals surface area (Å²) in [4.78, 5) is 29.4. The maximum Gasteiger partial charge on any atom is 0.292 e. The highest BCUT2D eigenvalue weighted by Crippen LogP contribution is 2.33. The van der Waals surface area contributed by atoms with Gasteiger partial charge in [-0.15, -0.1) is 0 Å². The molecule has 1 aliphatic rings. The first-order chi connectivity index (χ1) is 14.9. The van der Waals surface area contributed by atoms with Crippen molar-refractivity contribution < 1.29 is 10.0 Å².